The fourth-order valence-corrected chi connectivity index (χ4v) is 2.43. The molecular weight excluding hydrogens is 400 g/mol. The first-order valence-electron chi connectivity index (χ1n) is 9.41. The molecular formula is C20H29ClN2O6. The molecule has 0 aliphatic heterocycles. The molecule has 0 saturated heterocycles. The smallest absolute Gasteiger partial charge is 0.339 e. The molecule has 162 valence electrons. The lowest BCUT2D eigenvalue weighted by Crippen LogP contribution is -2.50. The zero-order valence-corrected chi connectivity index (χ0v) is 18.4. The van der Waals surface area contributed by atoms with Crippen molar-refractivity contribution in [1.29, 1.82) is 0 Å². The van der Waals surface area contributed by atoms with Crippen molar-refractivity contribution >= 4 is 29.5 Å². The zero-order valence-electron chi connectivity index (χ0n) is 17.7. The molecule has 0 fully saturated rings. The Morgan fingerprint density at radius 3 is 2.34 bits per heavy atom. The molecule has 1 atom stereocenters. The highest BCUT2D eigenvalue weighted by Gasteiger charge is 2.24. The summed E-state index contributed by atoms with van der Waals surface area (Å²) in [6, 6.07) is 2.15. The van der Waals surface area contributed by atoms with Crippen molar-refractivity contribution in [3.63, 3.8) is 0 Å². The summed E-state index contributed by atoms with van der Waals surface area (Å²) in [4.78, 5) is 36.3. The standard InChI is InChI=1S/C20H29ClN2O6/c1-7-9-28-16-14(21)10-13(11-15(16)27-8-2)18(25)29-12(3)17(24)22-19(26)23-20(4,5)6/h10-12H,7-9H2,1-6H3,(H2,22,23,24,26)/t12-/m0/s1. The summed E-state index contributed by atoms with van der Waals surface area (Å²) in [5, 5.41) is 4.91. The average molecular weight is 429 g/mol. The number of nitrogens with one attached hydrogen (secondary N) is 2. The van der Waals surface area contributed by atoms with Crippen LogP contribution in [-0.4, -0.2) is 42.8 Å². The minimum Gasteiger partial charge on any atom is -0.490 e. The molecule has 8 nitrogen and oxygen atoms in total. The Balaban J connectivity index is 2.87. The van der Waals surface area contributed by atoms with Crippen LogP contribution in [0, 0.1) is 0 Å². The third-order valence-electron chi connectivity index (χ3n) is 3.37. The van der Waals surface area contributed by atoms with Gasteiger partial charge >= 0.3 is 12.0 Å². The number of carbonyl (C=O) groups is 3. The number of imide groups is 1. The maximum Gasteiger partial charge on any atom is 0.339 e. The van der Waals surface area contributed by atoms with Gasteiger partial charge in [-0.25, -0.2) is 9.59 Å². The van der Waals surface area contributed by atoms with Gasteiger partial charge in [0, 0.05) is 5.54 Å². The lowest BCUT2D eigenvalue weighted by atomic mass is 10.1. The molecule has 0 aliphatic rings. The number of rotatable bonds is 8. The van der Waals surface area contributed by atoms with Crippen molar-refractivity contribution < 1.29 is 28.6 Å². The number of benzene rings is 1. The van der Waals surface area contributed by atoms with Gasteiger partial charge < -0.3 is 19.5 Å². The van der Waals surface area contributed by atoms with E-state index in [2.05, 4.69) is 10.6 Å². The fraction of sp³-hybridized carbons (Fsp3) is 0.550. The molecule has 0 bridgehead atoms. The molecule has 3 amide bonds. The predicted octanol–water partition coefficient (Wildman–Crippen LogP) is 3.70. The number of hydrogen-bond donors (Lipinski definition) is 2. The van der Waals surface area contributed by atoms with Gasteiger partial charge in [-0.3, -0.25) is 10.1 Å². The topological polar surface area (TPSA) is 103 Å². The molecule has 0 saturated carbocycles. The van der Waals surface area contributed by atoms with Crippen LogP contribution < -0.4 is 20.1 Å². The minimum absolute atomic E-state index is 0.0982. The van der Waals surface area contributed by atoms with Crippen LogP contribution in [0.25, 0.3) is 0 Å². The summed E-state index contributed by atoms with van der Waals surface area (Å²) in [6.45, 7) is 11.2. The third-order valence-corrected chi connectivity index (χ3v) is 3.65. The van der Waals surface area contributed by atoms with Gasteiger partial charge in [0.2, 0.25) is 0 Å². The van der Waals surface area contributed by atoms with Crippen molar-refractivity contribution in [2.24, 2.45) is 0 Å². The van der Waals surface area contributed by atoms with Crippen LogP contribution in [0.4, 0.5) is 4.79 Å². The normalized spacial score (nSPS) is 12.0. The van der Waals surface area contributed by atoms with Gasteiger partial charge in [-0.05, 0) is 53.2 Å². The van der Waals surface area contributed by atoms with Crippen LogP contribution in [0.5, 0.6) is 11.5 Å². The van der Waals surface area contributed by atoms with E-state index in [1.54, 1.807) is 27.7 Å². The number of hydrogen-bond acceptors (Lipinski definition) is 6. The summed E-state index contributed by atoms with van der Waals surface area (Å²) >= 11 is 6.23. The highest BCUT2D eigenvalue weighted by molar-refractivity contribution is 6.32. The lowest BCUT2D eigenvalue weighted by Gasteiger charge is -2.21. The summed E-state index contributed by atoms with van der Waals surface area (Å²) in [6.07, 6.45) is -0.417. The molecule has 0 spiro atoms. The van der Waals surface area contributed by atoms with Crippen LogP contribution in [0.3, 0.4) is 0 Å². The van der Waals surface area contributed by atoms with Gasteiger partial charge in [0.25, 0.3) is 5.91 Å². The highest BCUT2D eigenvalue weighted by Crippen LogP contribution is 2.37. The van der Waals surface area contributed by atoms with E-state index >= 15 is 0 Å². The minimum atomic E-state index is -1.20. The van der Waals surface area contributed by atoms with Gasteiger partial charge in [-0.2, -0.15) is 0 Å². The summed E-state index contributed by atoms with van der Waals surface area (Å²) in [5.74, 6) is -0.883. The van der Waals surface area contributed by atoms with Gasteiger partial charge in [0.15, 0.2) is 17.6 Å². The molecule has 29 heavy (non-hydrogen) atoms. The molecule has 0 aromatic heterocycles. The van der Waals surface area contributed by atoms with Gasteiger partial charge in [0.1, 0.15) is 0 Å². The second-order valence-electron chi connectivity index (χ2n) is 7.31. The molecule has 1 rings (SSSR count). The third kappa shape index (κ3) is 8.19. The number of ether oxygens (including phenoxy) is 3. The monoisotopic (exact) mass is 428 g/mol. The van der Waals surface area contributed by atoms with Crippen molar-refractivity contribution in [3.05, 3.63) is 22.7 Å². The van der Waals surface area contributed by atoms with Crippen LogP contribution in [0.2, 0.25) is 5.02 Å². The van der Waals surface area contributed by atoms with Crippen molar-refractivity contribution in [3.8, 4) is 11.5 Å². The highest BCUT2D eigenvalue weighted by atomic mass is 35.5. The summed E-state index contributed by atoms with van der Waals surface area (Å²) in [5.41, 5.74) is -0.417. The number of urea groups is 1. The largest absolute Gasteiger partial charge is 0.490 e. The average Bonchev–Trinajstić information content (AvgIpc) is 2.59. The molecule has 1 aromatic carbocycles. The van der Waals surface area contributed by atoms with Gasteiger partial charge in [-0.1, -0.05) is 18.5 Å². The number of esters is 1. The van der Waals surface area contributed by atoms with Crippen LogP contribution in [-0.2, 0) is 9.53 Å². The first-order chi connectivity index (χ1) is 13.5. The fourth-order valence-electron chi connectivity index (χ4n) is 2.16. The predicted molar refractivity (Wildman–Crippen MR) is 110 cm³/mol. The van der Waals surface area contributed by atoms with E-state index in [0.29, 0.717) is 24.7 Å². The molecule has 0 radical (unpaired) electrons. The van der Waals surface area contributed by atoms with E-state index in [-0.39, 0.29) is 10.6 Å². The van der Waals surface area contributed by atoms with Crippen molar-refractivity contribution in [1.82, 2.24) is 10.6 Å². The Kier molecular flexibility index (Phi) is 9.23. The number of halogens is 1. The Bertz CT molecular complexity index is 745. The van der Waals surface area contributed by atoms with Crippen molar-refractivity contribution in [2.45, 2.75) is 59.6 Å². The van der Waals surface area contributed by atoms with Crippen molar-refractivity contribution in [2.75, 3.05) is 13.2 Å². The molecule has 0 heterocycles. The van der Waals surface area contributed by atoms with Crippen LogP contribution in [0.1, 0.15) is 58.3 Å². The Hall–Kier alpha value is -2.48. The van der Waals surface area contributed by atoms with Crippen LogP contribution >= 0.6 is 11.6 Å². The lowest BCUT2D eigenvalue weighted by molar-refractivity contribution is -0.127. The Morgan fingerprint density at radius 1 is 1.14 bits per heavy atom. The van der Waals surface area contributed by atoms with E-state index in [9.17, 15) is 14.4 Å². The number of amides is 3. The molecule has 1 aromatic rings. The van der Waals surface area contributed by atoms with E-state index in [0.717, 1.165) is 6.42 Å². The Morgan fingerprint density at radius 2 is 1.79 bits per heavy atom. The van der Waals surface area contributed by atoms with E-state index in [1.165, 1.54) is 19.1 Å². The quantitative estimate of drug-likeness (QED) is 0.612. The maximum atomic E-state index is 12.5. The molecule has 9 heteroatoms. The zero-order chi connectivity index (χ0) is 22.2. The summed E-state index contributed by atoms with van der Waals surface area (Å²) in [7, 11) is 0. The SMILES string of the molecule is CCCOc1c(Cl)cc(C(=O)O[C@@H](C)C(=O)NC(=O)NC(C)(C)C)cc1OCC. The Labute approximate surface area is 176 Å². The van der Waals surface area contributed by atoms with Gasteiger partial charge in [-0.15, -0.1) is 0 Å². The van der Waals surface area contributed by atoms with E-state index in [4.69, 9.17) is 25.8 Å². The second kappa shape index (κ2) is 10.9. The van der Waals surface area contributed by atoms with E-state index in [1.807, 2.05) is 6.92 Å². The number of carbonyl (C=O) groups excluding carboxylic acids is 3. The second-order valence-corrected chi connectivity index (χ2v) is 7.71. The first-order valence-corrected chi connectivity index (χ1v) is 9.79. The first kappa shape index (κ1) is 24.6. The molecule has 2 N–H and O–H groups in total. The summed E-state index contributed by atoms with van der Waals surface area (Å²) < 4.78 is 16.2. The maximum absolute atomic E-state index is 12.5. The van der Waals surface area contributed by atoms with Gasteiger partial charge in [0.05, 0.1) is 23.8 Å². The molecule has 0 aliphatic carbocycles. The van der Waals surface area contributed by atoms with Crippen LogP contribution in [0.15, 0.2) is 12.1 Å². The van der Waals surface area contributed by atoms with E-state index < -0.39 is 29.6 Å². The molecule has 0 unspecified atom stereocenters.